The monoisotopic (exact) mass is 365 g/mol. The Labute approximate surface area is 152 Å². The molecule has 0 aliphatic carbocycles. The topological polar surface area (TPSA) is 84.8 Å². The molecule has 0 unspecified atom stereocenters. The largest absolute Gasteiger partial charge is 0.395 e. The minimum Gasteiger partial charge on any atom is -0.395 e. The second-order valence-corrected chi connectivity index (χ2v) is 7.39. The Morgan fingerprint density at radius 2 is 1.84 bits per heavy atom. The molecular weight excluding hydrogens is 338 g/mol. The first-order chi connectivity index (χ1) is 12.2. The zero-order valence-electron chi connectivity index (χ0n) is 15.0. The first-order valence-electron chi connectivity index (χ1n) is 8.92. The van der Waals surface area contributed by atoms with Crippen molar-refractivity contribution in [2.45, 2.75) is 20.3 Å². The van der Waals surface area contributed by atoms with Gasteiger partial charge in [0.1, 0.15) is 10.6 Å². The lowest BCUT2D eigenvalue weighted by atomic mass is 10.1. The fraction of sp³-hybridized carbons (Fsp3) is 0.647. The number of thiophene rings is 1. The maximum atomic E-state index is 9.46. The van der Waals surface area contributed by atoms with Crippen molar-refractivity contribution in [3.05, 3.63) is 10.4 Å². The summed E-state index contributed by atoms with van der Waals surface area (Å²) in [5, 5.41) is 23.4. The minimum absolute atomic E-state index is 0.0268. The molecule has 8 heteroatoms. The molecular formula is C17H27N5O2S. The van der Waals surface area contributed by atoms with Gasteiger partial charge < -0.3 is 25.3 Å². The fourth-order valence-corrected chi connectivity index (χ4v) is 4.47. The normalized spacial score (nSPS) is 15.1. The van der Waals surface area contributed by atoms with Gasteiger partial charge in [0, 0.05) is 44.1 Å². The summed E-state index contributed by atoms with van der Waals surface area (Å²) in [7, 11) is 0. The number of aliphatic hydroxyl groups excluding tert-OH is 2. The molecule has 0 saturated carbocycles. The number of nitrogens with zero attached hydrogens (tertiary/aromatic N) is 4. The van der Waals surface area contributed by atoms with Crippen LogP contribution in [0.1, 0.15) is 17.4 Å². The molecule has 0 radical (unpaired) electrons. The standard InChI is InChI=1S/C17H27N5O2S/c1-3-13-12(2)25-16-14(13)15(21(8-10-23)9-11-24)19-17(20-16)22-6-4-18-5-7-22/h18,23-24H,3-11H2,1-2H3. The van der Waals surface area contributed by atoms with Gasteiger partial charge in [0.2, 0.25) is 5.95 Å². The molecule has 0 bridgehead atoms. The molecule has 0 aromatic carbocycles. The highest BCUT2D eigenvalue weighted by Crippen LogP contribution is 2.37. The molecule has 2 aromatic heterocycles. The molecule has 3 heterocycles. The molecule has 1 aliphatic heterocycles. The molecule has 0 atom stereocenters. The Hall–Kier alpha value is -1.48. The van der Waals surface area contributed by atoms with Crippen LogP contribution in [0.15, 0.2) is 0 Å². The second-order valence-electron chi connectivity index (χ2n) is 6.19. The highest BCUT2D eigenvalue weighted by Gasteiger charge is 2.22. The van der Waals surface area contributed by atoms with Crippen molar-refractivity contribution in [2.24, 2.45) is 0 Å². The van der Waals surface area contributed by atoms with Gasteiger partial charge in [0.25, 0.3) is 0 Å². The van der Waals surface area contributed by atoms with Crippen LogP contribution in [-0.4, -0.2) is 72.7 Å². The van der Waals surface area contributed by atoms with Gasteiger partial charge in [-0.2, -0.15) is 4.98 Å². The number of fused-ring (bicyclic) bond motifs is 1. The van der Waals surface area contributed by atoms with Crippen LogP contribution in [0.2, 0.25) is 0 Å². The summed E-state index contributed by atoms with van der Waals surface area (Å²) in [6.45, 7) is 8.85. The van der Waals surface area contributed by atoms with Crippen molar-refractivity contribution in [3.8, 4) is 0 Å². The SMILES string of the molecule is CCc1c(C)sc2nc(N3CCNCC3)nc(N(CCO)CCO)c12. The Balaban J connectivity index is 2.14. The average molecular weight is 366 g/mol. The highest BCUT2D eigenvalue weighted by atomic mass is 32.1. The summed E-state index contributed by atoms with van der Waals surface area (Å²) < 4.78 is 0. The van der Waals surface area contributed by atoms with E-state index in [1.165, 1.54) is 10.4 Å². The van der Waals surface area contributed by atoms with Gasteiger partial charge in [0.15, 0.2) is 0 Å². The van der Waals surface area contributed by atoms with Crippen molar-refractivity contribution in [1.29, 1.82) is 0 Å². The first-order valence-corrected chi connectivity index (χ1v) is 9.73. The van der Waals surface area contributed by atoms with E-state index in [4.69, 9.17) is 9.97 Å². The maximum absolute atomic E-state index is 9.46. The molecule has 1 aliphatic rings. The number of rotatable bonds is 7. The summed E-state index contributed by atoms with van der Waals surface area (Å²) >= 11 is 1.70. The van der Waals surface area contributed by atoms with E-state index in [9.17, 15) is 10.2 Å². The average Bonchev–Trinajstić information content (AvgIpc) is 2.96. The molecule has 0 spiro atoms. The number of hydrogen-bond donors (Lipinski definition) is 3. The number of anilines is 2. The number of hydrogen-bond acceptors (Lipinski definition) is 8. The highest BCUT2D eigenvalue weighted by molar-refractivity contribution is 7.18. The molecule has 7 nitrogen and oxygen atoms in total. The minimum atomic E-state index is 0.0268. The number of nitrogens with one attached hydrogen (secondary N) is 1. The maximum Gasteiger partial charge on any atom is 0.228 e. The van der Waals surface area contributed by atoms with Gasteiger partial charge in [-0.25, -0.2) is 4.98 Å². The van der Waals surface area contributed by atoms with E-state index >= 15 is 0 Å². The van der Waals surface area contributed by atoms with E-state index in [0.717, 1.165) is 54.6 Å². The van der Waals surface area contributed by atoms with Crippen LogP contribution in [0.4, 0.5) is 11.8 Å². The third kappa shape index (κ3) is 3.72. The Kier molecular flexibility index (Phi) is 6.06. The molecule has 0 amide bonds. The third-order valence-electron chi connectivity index (χ3n) is 4.61. The van der Waals surface area contributed by atoms with E-state index in [1.807, 2.05) is 4.90 Å². The second kappa shape index (κ2) is 8.27. The van der Waals surface area contributed by atoms with E-state index in [2.05, 4.69) is 24.1 Å². The third-order valence-corrected chi connectivity index (χ3v) is 5.66. The smallest absolute Gasteiger partial charge is 0.228 e. The predicted molar refractivity (Wildman–Crippen MR) is 103 cm³/mol. The van der Waals surface area contributed by atoms with Gasteiger partial charge >= 0.3 is 0 Å². The van der Waals surface area contributed by atoms with Crippen molar-refractivity contribution in [1.82, 2.24) is 15.3 Å². The molecule has 1 fully saturated rings. The van der Waals surface area contributed by atoms with Crippen LogP contribution < -0.4 is 15.1 Å². The summed E-state index contributed by atoms with van der Waals surface area (Å²) in [5.74, 6) is 1.58. The lowest BCUT2D eigenvalue weighted by molar-refractivity contribution is 0.281. The van der Waals surface area contributed by atoms with Crippen LogP contribution in [0.5, 0.6) is 0 Å². The van der Waals surface area contributed by atoms with Crippen LogP contribution in [0.3, 0.4) is 0 Å². The number of piperazine rings is 1. The van der Waals surface area contributed by atoms with E-state index in [1.54, 1.807) is 11.3 Å². The van der Waals surface area contributed by atoms with Crippen molar-refractivity contribution in [3.63, 3.8) is 0 Å². The number of aryl methyl sites for hydroxylation is 2. The Morgan fingerprint density at radius 3 is 2.44 bits per heavy atom. The van der Waals surface area contributed by atoms with Crippen LogP contribution in [0.25, 0.3) is 10.2 Å². The van der Waals surface area contributed by atoms with Gasteiger partial charge in [0.05, 0.1) is 18.6 Å². The quantitative estimate of drug-likeness (QED) is 0.668. The van der Waals surface area contributed by atoms with Crippen molar-refractivity contribution < 1.29 is 10.2 Å². The summed E-state index contributed by atoms with van der Waals surface area (Å²) in [4.78, 5) is 16.2. The number of aromatic nitrogens is 2. The Bertz CT molecular complexity index is 709. The molecule has 2 aromatic rings. The van der Waals surface area contributed by atoms with Crippen molar-refractivity contribution in [2.75, 3.05) is 62.3 Å². The molecule has 138 valence electrons. The summed E-state index contributed by atoms with van der Waals surface area (Å²) in [5.41, 5.74) is 1.27. The lowest BCUT2D eigenvalue weighted by Gasteiger charge is -2.29. The molecule has 3 N–H and O–H groups in total. The molecule has 1 saturated heterocycles. The van der Waals surface area contributed by atoms with E-state index < -0.39 is 0 Å². The van der Waals surface area contributed by atoms with Crippen LogP contribution in [-0.2, 0) is 6.42 Å². The summed E-state index contributed by atoms with van der Waals surface area (Å²) in [6, 6.07) is 0. The first kappa shape index (κ1) is 18.3. The van der Waals surface area contributed by atoms with Crippen LogP contribution >= 0.6 is 11.3 Å². The van der Waals surface area contributed by atoms with Gasteiger partial charge in [-0.1, -0.05) is 6.92 Å². The van der Waals surface area contributed by atoms with Gasteiger partial charge in [-0.3, -0.25) is 0 Å². The zero-order valence-corrected chi connectivity index (χ0v) is 15.8. The van der Waals surface area contributed by atoms with E-state index in [0.29, 0.717) is 13.1 Å². The van der Waals surface area contributed by atoms with Crippen LogP contribution in [0, 0.1) is 6.92 Å². The molecule has 3 rings (SSSR count). The fourth-order valence-electron chi connectivity index (χ4n) is 3.36. The van der Waals surface area contributed by atoms with Gasteiger partial charge in [-0.15, -0.1) is 11.3 Å². The predicted octanol–water partition coefficient (Wildman–Crippen LogP) is 0.763. The van der Waals surface area contributed by atoms with Crippen molar-refractivity contribution >= 4 is 33.3 Å². The number of aliphatic hydroxyl groups is 2. The van der Waals surface area contributed by atoms with E-state index in [-0.39, 0.29) is 13.2 Å². The zero-order chi connectivity index (χ0) is 17.8. The Morgan fingerprint density at radius 1 is 1.16 bits per heavy atom. The molecule has 25 heavy (non-hydrogen) atoms. The summed E-state index contributed by atoms with van der Waals surface area (Å²) in [6.07, 6.45) is 0.918. The van der Waals surface area contributed by atoms with Gasteiger partial charge in [-0.05, 0) is 18.9 Å². The lowest BCUT2D eigenvalue weighted by Crippen LogP contribution is -2.44.